The molecule has 1 unspecified atom stereocenters. The van der Waals surface area contributed by atoms with Gasteiger partial charge in [0.2, 0.25) is 0 Å². The topological polar surface area (TPSA) is 49.3 Å². The predicted molar refractivity (Wildman–Crippen MR) is 70.5 cm³/mol. The van der Waals surface area contributed by atoms with Crippen molar-refractivity contribution < 1.29 is 9.90 Å². The Bertz CT molecular complexity index is 358. The Hall–Kier alpha value is -0.390. The molecule has 3 nitrogen and oxygen atoms in total. The van der Waals surface area contributed by atoms with Crippen LogP contribution in [0.25, 0.3) is 0 Å². The molecular formula is C11H13Br2NO2. The predicted octanol–water partition coefficient (Wildman–Crippen LogP) is 2.71. The van der Waals surface area contributed by atoms with Crippen LogP contribution in [0.5, 0.6) is 0 Å². The third-order valence-electron chi connectivity index (χ3n) is 2.17. The second-order valence-corrected chi connectivity index (χ2v) is 5.25. The molecule has 1 aromatic rings. The minimum atomic E-state index is -0.190. The lowest BCUT2D eigenvalue weighted by Crippen LogP contribution is -2.36. The summed E-state index contributed by atoms with van der Waals surface area (Å²) in [7, 11) is 0. The average Bonchev–Trinajstić information content (AvgIpc) is 2.24. The van der Waals surface area contributed by atoms with E-state index in [0.29, 0.717) is 12.0 Å². The Labute approximate surface area is 111 Å². The van der Waals surface area contributed by atoms with Crippen LogP contribution in [0.4, 0.5) is 0 Å². The number of hydrogen-bond acceptors (Lipinski definition) is 2. The first-order chi connectivity index (χ1) is 7.56. The summed E-state index contributed by atoms with van der Waals surface area (Å²) in [5.41, 5.74) is 0.563. The van der Waals surface area contributed by atoms with E-state index >= 15 is 0 Å². The minimum Gasteiger partial charge on any atom is -0.394 e. The fourth-order valence-corrected chi connectivity index (χ4v) is 2.52. The van der Waals surface area contributed by atoms with Gasteiger partial charge in [0.05, 0.1) is 12.6 Å². The van der Waals surface area contributed by atoms with Gasteiger partial charge in [-0.3, -0.25) is 4.79 Å². The van der Waals surface area contributed by atoms with Gasteiger partial charge in [-0.25, -0.2) is 0 Å². The summed E-state index contributed by atoms with van der Waals surface area (Å²) in [4.78, 5) is 11.8. The maximum Gasteiger partial charge on any atom is 0.251 e. The van der Waals surface area contributed by atoms with Gasteiger partial charge < -0.3 is 10.4 Å². The number of amides is 1. The van der Waals surface area contributed by atoms with E-state index in [1.54, 1.807) is 12.1 Å². The highest BCUT2D eigenvalue weighted by molar-refractivity contribution is 9.11. The zero-order valence-electron chi connectivity index (χ0n) is 8.84. The Morgan fingerprint density at radius 3 is 2.38 bits per heavy atom. The van der Waals surface area contributed by atoms with Crippen molar-refractivity contribution in [3.63, 3.8) is 0 Å². The molecule has 1 aromatic carbocycles. The monoisotopic (exact) mass is 349 g/mol. The Kier molecular flexibility index (Phi) is 5.44. The highest BCUT2D eigenvalue weighted by Gasteiger charge is 2.12. The van der Waals surface area contributed by atoms with Gasteiger partial charge in [0.15, 0.2) is 0 Å². The van der Waals surface area contributed by atoms with Gasteiger partial charge >= 0.3 is 0 Å². The van der Waals surface area contributed by atoms with Gasteiger partial charge in [-0.05, 0) is 24.6 Å². The summed E-state index contributed by atoms with van der Waals surface area (Å²) in [5.74, 6) is -0.178. The van der Waals surface area contributed by atoms with Crippen molar-refractivity contribution >= 4 is 37.8 Å². The molecule has 0 aliphatic heterocycles. The molecule has 1 rings (SSSR count). The number of benzene rings is 1. The smallest absolute Gasteiger partial charge is 0.251 e. The Balaban J connectivity index is 2.80. The lowest BCUT2D eigenvalue weighted by atomic mass is 10.2. The van der Waals surface area contributed by atoms with Crippen LogP contribution in [0.15, 0.2) is 27.1 Å². The van der Waals surface area contributed by atoms with Crippen molar-refractivity contribution in [2.75, 3.05) is 6.61 Å². The second-order valence-electron chi connectivity index (χ2n) is 3.42. The van der Waals surface area contributed by atoms with Crippen molar-refractivity contribution in [2.45, 2.75) is 19.4 Å². The van der Waals surface area contributed by atoms with Gasteiger partial charge in [-0.15, -0.1) is 0 Å². The van der Waals surface area contributed by atoms with Crippen LogP contribution in [-0.2, 0) is 0 Å². The molecule has 2 N–H and O–H groups in total. The van der Waals surface area contributed by atoms with Crippen LogP contribution in [-0.4, -0.2) is 23.7 Å². The van der Waals surface area contributed by atoms with Gasteiger partial charge in [0.25, 0.3) is 5.91 Å². The Morgan fingerprint density at radius 2 is 1.94 bits per heavy atom. The second kappa shape index (κ2) is 6.37. The molecule has 0 aliphatic carbocycles. The first-order valence-corrected chi connectivity index (χ1v) is 6.53. The van der Waals surface area contributed by atoms with Crippen molar-refractivity contribution in [3.05, 3.63) is 32.7 Å². The molecule has 1 atom stereocenters. The lowest BCUT2D eigenvalue weighted by molar-refractivity contribution is 0.0915. The van der Waals surface area contributed by atoms with E-state index in [9.17, 15) is 4.79 Å². The molecule has 0 aromatic heterocycles. The SMILES string of the molecule is CCC(CO)NC(=O)c1cc(Br)cc(Br)c1. The van der Waals surface area contributed by atoms with E-state index in [1.807, 2.05) is 13.0 Å². The zero-order valence-corrected chi connectivity index (χ0v) is 12.0. The van der Waals surface area contributed by atoms with Crippen LogP contribution in [0.2, 0.25) is 0 Å². The molecule has 0 spiro atoms. The number of rotatable bonds is 4. The Morgan fingerprint density at radius 1 is 1.38 bits per heavy atom. The standard InChI is InChI=1S/C11H13Br2NO2/c1-2-10(6-15)14-11(16)7-3-8(12)5-9(13)4-7/h3-5,10,15H,2,6H2,1H3,(H,14,16). The maximum absolute atomic E-state index is 11.8. The summed E-state index contributed by atoms with van der Waals surface area (Å²) in [6, 6.07) is 5.15. The molecule has 0 saturated heterocycles. The first-order valence-electron chi connectivity index (χ1n) is 4.94. The molecule has 5 heteroatoms. The summed E-state index contributed by atoms with van der Waals surface area (Å²) < 4.78 is 1.67. The minimum absolute atomic E-state index is 0.0442. The van der Waals surface area contributed by atoms with E-state index in [-0.39, 0.29) is 18.6 Å². The average molecular weight is 351 g/mol. The van der Waals surface area contributed by atoms with Crippen LogP contribution >= 0.6 is 31.9 Å². The fraction of sp³-hybridized carbons (Fsp3) is 0.364. The van der Waals surface area contributed by atoms with Gasteiger partial charge in [0.1, 0.15) is 0 Å². The quantitative estimate of drug-likeness (QED) is 0.877. The van der Waals surface area contributed by atoms with Crippen LogP contribution in [0.3, 0.4) is 0 Å². The normalized spacial score (nSPS) is 12.2. The molecular weight excluding hydrogens is 338 g/mol. The summed E-state index contributed by atoms with van der Waals surface area (Å²) >= 11 is 6.64. The van der Waals surface area contributed by atoms with E-state index in [0.717, 1.165) is 8.95 Å². The molecule has 0 saturated carbocycles. The largest absolute Gasteiger partial charge is 0.394 e. The molecule has 16 heavy (non-hydrogen) atoms. The highest BCUT2D eigenvalue weighted by Crippen LogP contribution is 2.20. The highest BCUT2D eigenvalue weighted by atomic mass is 79.9. The zero-order chi connectivity index (χ0) is 12.1. The maximum atomic E-state index is 11.8. The third-order valence-corrected chi connectivity index (χ3v) is 3.09. The van der Waals surface area contributed by atoms with Gasteiger partial charge in [0, 0.05) is 14.5 Å². The number of aliphatic hydroxyl groups excluding tert-OH is 1. The van der Waals surface area contributed by atoms with E-state index in [2.05, 4.69) is 37.2 Å². The van der Waals surface area contributed by atoms with E-state index in [1.165, 1.54) is 0 Å². The van der Waals surface area contributed by atoms with Crippen molar-refractivity contribution in [3.8, 4) is 0 Å². The number of halogens is 2. The van der Waals surface area contributed by atoms with Gasteiger partial charge in [-0.2, -0.15) is 0 Å². The molecule has 0 aliphatic rings. The number of carbonyl (C=O) groups is 1. The third kappa shape index (κ3) is 3.88. The van der Waals surface area contributed by atoms with Crippen LogP contribution in [0.1, 0.15) is 23.7 Å². The van der Waals surface area contributed by atoms with Crippen molar-refractivity contribution in [1.29, 1.82) is 0 Å². The van der Waals surface area contributed by atoms with E-state index in [4.69, 9.17) is 5.11 Å². The first kappa shape index (κ1) is 13.7. The van der Waals surface area contributed by atoms with Crippen molar-refractivity contribution in [2.24, 2.45) is 0 Å². The van der Waals surface area contributed by atoms with E-state index < -0.39 is 0 Å². The number of nitrogens with one attached hydrogen (secondary N) is 1. The van der Waals surface area contributed by atoms with Crippen LogP contribution < -0.4 is 5.32 Å². The number of hydrogen-bond donors (Lipinski definition) is 2. The molecule has 0 radical (unpaired) electrons. The molecule has 0 heterocycles. The van der Waals surface area contributed by atoms with Gasteiger partial charge in [-0.1, -0.05) is 38.8 Å². The molecule has 88 valence electrons. The summed E-state index contributed by atoms with van der Waals surface area (Å²) in [6.45, 7) is 1.87. The van der Waals surface area contributed by atoms with Crippen molar-refractivity contribution in [1.82, 2.24) is 5.32 Å². The molecule has 0 bridgehead atoms. The number of carbonyl (C=O) groups excluding carboxylic acids is 1. The molecule has 1 amide bonds. The number of aliphatic hydroxyl groups is 1. The summed E-state index contributed by atoms with van der Waals surface area (Å²) in [6.07, 6.45) is 0.706. The summed E-state index contributed by atoms with van der Waals surface area (Å²) in [5, 5.41) is 11.8. The lowest BCUT2D eigenvalue weighted by Gasteiger charge is -2.14. The molecule has 0 fully saturated rings. The fourth-order valence-electron chi connectivity index (χ4n) is 1.23. The van der Waals surface area contributed by atoms with Crippen LogP contribution in [0, 0.1) is 0 Å².